The summed E-state index contributed by atoms with van der Waals surface area (Å²) in [6.45, 7) is 0.361. The molecule has 3 nitrogen and oxygen atoms in total. The maximum absolute atomic E-state index is 4.94. The highest BCUT2D eigenvalue weighted by atomic mass is 14.7. The third-order valence-electron chi connectivity index (χ3n) is 0.272. The van der Waals surface area contributed by atoms with E-state index in [-0.39, 0.29) is 12.1 Å². The topological polar surface area (TPSA) is 87.0 Å². The first-order valence-corrected chi connectivity index (χ1v) is 1.48. The molecule has 0 aromatic rings. The van der Waals surface area contributed by atoms with Crippen LogP contribution >= 0.6 is 0 Å². The molecule has 0 aliphatic carbocycles. The van der Waals surface area contributed by atoms with Crippen molar-refractivity contribution >= 4 is 7.85 Å². The molecule has 0 aliphatic rings. The first-order chi connectivity index (χ1) is 2.27. The van der Waals surface area contributed by atoms with Crippen LogP contribution in [0.1, 0.15) is 0 Å². The van der Waals surface area contributed by atoms with Crippen LogP contribution in [0.5, 0.6) is 0 Å². The van der Waals surface area contributed by atoms with Crippen LogP contribution in [-0.2, 0) is 0 Å². The zero-order valence-electron chi connectivity index (χ0n) is 3.72. The number of nitrogens with two attached hydrogens (primary N) is 2. The molecule has 0 bridgehead atoms. The Bertz CT molecular complexity index is 22.8. The van der Waals surface area contributed by atoms with Gasteiger partial charge in [0.1, 0.15) is 0 Å². The van der Waals surface area contributed by atoms with E-state index in [1.54, 1.807) is 0 Å². The highest BCUT2D eigenvalue weighted by Gasteiger charge is 1.79. The molecule has 2 radical (unpaired) electrons. The van der Waals surface area contributed by atoms with Crippen molar-refractivity contribution in [3.63, 3.8) is 0 Å². The van der Waals surface area contributed by atoms with Crippen LogP contribution in [0.4, 0.5) is 0 Å². The Morgan fingerprint density at radius 3 is 1.83 bits per heavy atom. The summed E-state index contributed by atoms with van der Waals surface area (Å²) in [6, 6.07) is 0. The average molecular weight is 86.9 g/mol. The van der Waals surface area contributed by atoms with Gasteiger partial charge in [-0.25, -0.2) is 0 Å². The maximum Gasteiger partial charge on any atom is 0.0920 e. The summed E-state index contributed by atoms with van der Waals surface area (Å²) in [5.41, 5.74) is 9.87. The minimum atomic E-state index is -0.338. The minimum absolute atomic E-state index is 0. The van der Waals surface area contributed by atoms with Crippen LogP contribution in [0.25, 0.3) is 0 Å². The van der Waals surface area contributed by atoms with Crippen molar-refractivity contribution in [2.75, 3.05) is 6.54 Å². The average Bonchev–Trinajstić information content (AvgIpc) is 1.38. The third-order valence-corrected chi connectivity index (χ3v) is 0.272. The van der Waals surface area contributed by atoms with Gasteiger partial charge in [0.2, 0.25) is 0 Å². The molecule has 0 aromatic heterocycles. The van der Waals surface area contributed by atoms with Crippen molar-refractivity contribution in [3.8, 4) is 0 Å². The molecule has 0 aromatic carbocycles. The first-order valence-electron chi connectivity index (χ1n) is 1.48. The molecule has 1 unspecified atom stereocenters. The van der Waals surface area contributed by atoms with E-state index in [4.69, 9.17) is 19.3 Å². The highest BCUT2D eigenvalue weighted by molar-refractivity contribution is 6.11. The van der Waals surface area contributed by atoms with E-state index < -0.39 is 0 Å². The summed E-state index contributed by atoms with van der Waals surface area (Å²) in [4.78, 5) is 0. The number of hydrogen-bond donors (Lipinski definition) is 3. The molecular weight excluding hydrogens is 76.9 g/mol. The molecule has 0 saturated carbocycles. The third kappa shape index (κ3) is 9.04. The molecule has 0 aliphatic heterocycles. The van der Waals surface area contributed by atoms with Crippen LogP contribution in [0, 0.1) is 0 Å². The van der Waals surface area contributed by atoms with Crippen LogP contribution in [-0.4, -0.2) is 20.3 Å². The van der Waals surface area contributed by atoms with Crippen LogP contribution in [0.2, 0.25) is 0 Å². The summed E-state index contributed by atoms with van der Waals surface area (Å²) in [7, 11) is 4.94. The summed E-state index contributed by atoms with van der Waals surface area (Å²) < 4.78 is 0. The molecule has 0 rings (SSSR count). The first kappa shape index (κ1) is 9.34. The van der Waals surface area contributed by atoms with Gasteiger partial charge in [-0.1, -0.05) is 0 Å². The lowest BCUT2D eigenvalue weighted by molar-refractivity contribution is 0.900. The van der Waals surface area contributed by atoms with Crippen molar-refractivity contribution < 1.29 is 0 Å². The van der Waals surface area contributed by atoms with E-state index in [2.05, 4.69) is 0 Å². The Morgan fingerprint density at radius 1 is 1.67 bits per heavy atom. The second-order valence-corrected chi connectivity index (χ2v) is 0.900. The van der Waals surface area contributed by atoms with E-state index in [9.17, 15) is 0 Å². The lowest BCUT2D eigenvalue weighted by Gasteiger charge is -1.92. The normalized spacial score (nSPS) is 12.3. The summed E-state index contributed by atoms with van der Waals surface area (Å²) in [5, 5.41) is 0. The molecule has 7 N–H and O–H groups in total. The molecule has 0 amide bonds. The molecule has 6 heavy (non-hydrogen) atoms. The molecule has 36 valence electrons. The van der Waals surface area contributed by atoms with Crippen molar-refractivity contribution in [3.05, 3.63) is 0 Å². The lowest BCUT2D eigenvalue weighted by Crippen LogP contribution is -2.29. The van der Waals surface area contributed by atoms with E-state index >= 15 is 0 Å². The molecule has 1 atom stereocenters. The Hall–Kier alpha value is -0.0551. The molecule has 4 heteroatoms. The summed E-state index contributed by atoms with van der Waals surface area (Å²) in [5.74, 6) is -0.338. The van der Waals surface area contributed by atoms with Crippen LogP contribution < -0.4 is 17.6 Å². The second kappa shape index (κ2) is 4.94. The lowest BCUT2D eigenvalue weighted by atomic mass is 9.99. The Morgan fingerprint density at radius 2 is 1.83 bits per heavy atom. The minimum Gasteiger partial charge on any atom is -0.344 e. The van der Waals surface area contributed by atoms with Gasteiger partial charge in [0.25, 0.3) is 0 Å². The van der Waals surface area contributed by atoms with Gasteiger partial charge in [-0.05, 0) is 12.5 Å². The van der Waals surface area contributed by atoms with Gasteiger partial charge in [-0.2, -0.15) is 0 Å². The van der Waals surface area contributed by atoms with Crippen molar-refractivity contribution in [2.45, 2.75) is 5.94 Å². The van der Waals surface area contributed by atoms with E-state index in [1.807, 2.05) is 0 Å². The highest BCUT2D eigenvalue weighted by Crippen LogP contribution is 1.50. The zero-order chi connectivity index (χ0) is 4.28. The van der Waals surface area contributed by atoms with Crippen molar-refractivity contribution in [2.24, 2.45) is 11.5 Å². The van der Waals surface area contributed by atoms with Gasteiger partial charge in [-0.3, -0.25) is 0 Å². The molecule has 0 fully saturated rings. The SMILES string of the molecule is N.[B]C(N)CN. The zero-order valence-corrected chi connectivity index (χ0v) is 3.72. The van der Waals surface area contributed by atoms with E-state index in [0.717, 1.165) is 0 Å². The molecular formula is C2H10BN3. The van der Waals surface area contributed by atoms with Gasteiger partial charge in [-0.15, -0.1) is 0 Å². The van der Waals surface area contributed by atoms with Crippen LogP contribution in [0.15, 0.2) is 0 Å². The smallest absolute Gasteiger partial charge is 0.0920 e. The fraction of sp³-hybridized carbons (Fsp3) is 1.00. The second-order valence-electron chi connectivity index (χ2n) is 0.900. The Balaban J connectivity index is 0. The van der Waals surface area contributed by atoms with Gasteiger partial charge in [0.05, 0.1) is 7.85 Å². The van der Waals surface area contributed by atoms with Gasteiger partial charge in [0, 0.05) is 0 Å². The van der Waals surface area contributed by atoms with Crippen molar-refractivity contribution in [1.82, 2.24) is 6.15 Å². The van der Waals surface area contributed by atoms with Gasteiger partial charge < -0.3 is 17.6 Å². The fourth-order valence-corrected chi connectivity index (χ4v) is 0. The fourth-order valence-electron chi connectivity index (χ4n) is 0. The van der Waals surface area contributed by atoms with Gasteiger partial charge in [0.15, 0.2) is 0 Å². The van der Waals surface area contributed by atoms with Crippen molar-refractivity contribution in [1.29, 1.82) is 0 Å². The Kier molecular flexibility index (Phi) is 7.70. The monoisotopic (exact) mass is 87.1 g/mol. The van der Waals surface area contributed by atoms with Gasteiger partial charge >= 0.3 is 0 Å². The Labute approximate surface area is 39.1 Å². The number of hydrogen-bond acceptors (Lipinski definition) is 3. The quantitative estimate of drug-likeness (QED) is 0.342. The summed E-state index contributed by atoms with van der Waals surface area (Å²) >= 11 is 0. The maximum atomic E-state index is 4.94. The largest absolute Gasteiger partial charge is 0.344 e. The molecule has 0 heterocycles. The standard InChI is InChI=1S/C2H7BN2.H3N/c3-2(5)1-4;/h2H,1,4-5H2;1H3. The number of rotatable bonds is 1. The van der Waals surface area contributed by atoms with E-state index in [1.165, 1.54) is 0 Å². The predicted octanol–water partition coefficient (Wildman–Crippen LogP) is -1.44. The summed E-state index contributed by atoms with van der Waals surface area (Å²) in [6.07, 6.45) is 0. The van der Waals surface area contributed by atoms with E-state index in [0.29, 0.717) is 6.54 Å². The molecule has 0 saturated heterocycles. The molecule has 0 spiro atoms. The van der Waals surface area contributed by atoms with Crippen LogP contribution in [0.3, 0.4) is 0 Å². The predicted molar refractivity (Wildman–Crippen MR) is 27.8 cm³/mol.